The molecule has 0 spiro atoms. The SMILES string of the molecule is COC(=O)C(C)[C@H](O)CC(=O)/C=C/c1ccccc1. The number of esters is 1. The van der Waals surface area contributed by atoms with E-state index in [2.05, 4.69) is 4.74 Å². The Kier molecular flexibility index (Phi) is 5.96. The Morgan fingerprint density at radius 1 is 1.32 bits per heavy atom. The van der Waals surface area contributed by atoms with Crippen molar-refractivity contribution in [3.05, 3.63) is 42.0 Å². The number of hydrogen-bond donors (Lipinski definition) is 1. The van der Waals surface area contributed by atoms with E-state index in [1.165, 1.54) is 20.1 Å². The summed E-state index contributed by atoms with van der Waals surface area (Å²) in [4.78, 5) is 22.8. The van der Waals surface area contributed by atoms with E-state index in [-0.39, 0.29) is 12.2 Å². The lowest BCUT2D eigenvalue weighted by Crippen LogP contribution is -2.28. The van der Waals surface area contributed by atoms with Crippen LogP contribution in [-0.2, 0) is 14.3 Å². The van der Waals surface area contributed by atoms with Gasteiger partial charge in [-0.3, -0.25) is 9.59 Å². The van der Waals surface area contributed by atoms with Gasteiger partial charge in [0, 0.05) is 6.42 Å². The van der Waals surface area contributed by atoms with Gasteiger partial charge in [0.15, 0.2) is 5.78 Å². The van der Waals surface area contributed by atoms with Crippen LogP contribution in [0.1, 0.15) is 18.9 Å². The number of ether oxygens (including phenoxy) is 1. The fourth-order valence-electron chi connectivity index (χ4n) is 1.55. The van der Waals surface area contributed by atoms with Crippen molar-refractivity contribution in [3.8, 4) is 0 Å². The van der Waals surface area contributed by atoms with Crippen LogP contribution in [0.2, 0.25) is 0 Å². The number of methoxy groups -OCH3 is 1. The van der Waals surface area contributed by atoms with Gasteiger partial charge < -0.3 is 9.84 Å². The number of rotatable bonds is 6. The van der Waals surface area contributed by atoms with E-state index >= 15 is 0 Å². The van der Waals surface area contributed by atoms with Gasteiger partial charge in [0.1, 0.15) is 0 Å². The van der Waals surface area contributed by atoms with Crippen LogP contribution in [0.25, 0.3) is 6.08 Å². The van der Waals surface area contributed by atoms with Gasteiger partial charge >= 0.3 is 5.97 Å². The fraction of sp³-hybridized carbons (Fsp3) is 0.333. The third-order valence-electron chi connectivity index (χ3n) is 2.82. The Labute approximate surface area is 112 Å². The summed E-state index contributed by atoms with van der Waals surface area (Å²) >= 11 is 0. The van der Waals surface area contributed by atoms with Crippen molar-refractivity contribution < 1.29 is 19.4 Å². The van der Waals surface area contributed by atoms with Crippen molar-refractivity contribution in [2.75, 3.05) is 7.11 Å². The molecule has 0 fully saturated rings. The van der Waals surface area contributed by atoms with Crippen LogP contribution < -0.4 is 0 Å². The molecule has 0 aliphatic heterocycles. The largest absolute Gasteiger partial charge is 0.469 e. The zero-order valence-corrected chi connectivity index (χ0v) is 11.1. The predicted octanol–water partition coefficient (Wildman–Crippen LogP) is 1.83. The first-order chi connectivity index (χ1) is 9.04. The summed E-state index contributed by atoms with van der Waals surface area (Å²) in [6, 6.07) is 9.38. The average molecular weight is 262 g/mol. The maximum Gasteiger partial charge on any atom is 0.311 e. The molecule has 0 saturated heterocycles. The summed E-state index contributed by atoms with van der Waals surface area (Å²) in [5.41, 5.74) is 0.909. The minimum absolute atomic E-state index is 0.0976. The van der Waals surface area contributed by atoms with Crippen molar-refractivity contribution in [2.45, 2.75) is 19.4 Å². The summed E-state index contributed by atoms with van der Waals surface area (Å²) in [7, 11) is 1.25. The van der Waals surface area contributed by atoms with Crippen molar-refractivity contribution in [1.82, 2.24) is 0 Å². The first-order valence-corrected chi connectivity index (χ1v) is 6.06. The first-order valence-electron chi connectivity index (χ1n) is 6.06. The third kappa shape index (κ3) is 5.06. The number of ketones is 1. The Morgan fingerprint density at radius 3 is 2.53 bits per heavy atom. The van der Waals surface area contributed by atoms with Crippen LogP contribution in [0, 0.1) is 5.92 Å². The highest BCUT2D eigenvalue weighted by molar-refractivity contribution is 5.94. The summed E-state index contributed by atoms with van der Waals surface area (Å²) < 4.78 is 4.52. The topological polar surface area (TPSA) is 63.6 Å². The van der Waals surface area contributed by atoms with E-state index in [0.29, 0.717) is 0 Å². The van der Waals surface area contributed by atoms with Crippen LogP contribution in [0.3, 0.4) is 0 Å². The molecule has 1 rings (SSSR count). The molecular formula is C15H18O4. The van der Waals surface area contributed by atoms with Crippen LogP contribution in [0.15, 0.2) is 36.4 Å². The monoisotopic (exact) mass is 262 g/mol. The van der Waals surface area contributed by atoms with Crippen molar-refractivity contribution in [1.29, 1.82) is 0 Å². The Balaban J connectivity index is 2.51. The Bertz CT molecular complexity index is 450. The van der Waals surface area contributed by atoms with E-state index < -0.39 is 18.0 Å². The van der Waals surface area contributed by atoms with Crippen LogP contribution in [0.5, 0.6) is 0 Å². The summed E-state index contributed by atoms with van der Waals surface area (Å²) in [5.74, 6) is -1.46. The predicted molar refractivity (Wildman–Crippen MR) is 72.3 cm³/mol. The summed E-state index contributed by atoms with van der Waals surface area (Å²) in [6.45, 7) is 1.53. The lowest BCUT2D eigenvalue weighted by Gasteiger charge is -2.14. The standard InChI is InChI=1S/C15H18O4/c1-11(15(18)19-2)14(17)10-13(16)9-8-12-6-4-3-5-7-12/h3-9,11,14,17H,10H2,1-2H3/b9-8+/t11?,14-/m1/s1. The van der Waals surface area contributed by atoms with E-state index in [4.69, 9.17) is 0 Å². The minimum atomic E-state index is -1.03. The molecule has 0 saturated carbocycles. The number of allylic oxidation sites excluding steroid dienone is 1. The van der Waals surface area contributed by atoms with Gasteiger partial charge in [0.25, 0.3) is 0 Å². The molecular weight excluding hydrogens is 244 g/mol. The maximum absolute atomic E-state index is 11.6. The molecule has 0 heterocycles. The third-order valence-corrected chi connectivity index (χ3v) is 2.82. The molecule has 0 aliphatic carbocycles. The summed E-state index contributed by atoms with van der Waals surface area (Å²) in [5, 5.41) is 9.73. The molecule has 4 nitrogen and oxygen atoms in total. The van der Waals surface area contributed by atoms with Crippen LogP contribution in [-0.4, -0.2) is 30.1 Å². The lowest BCUT2D eigenvalue weighted by atomic mass is 9.99. The van der Waals surface area contributed by atoms with Crippen LogP contribution in [0.4, 0.5) is 0 Å². The van der Waals surface area contributed by atoms with Gasteiger partial charge in [-0.05, 0) is 18.6 Å². The number of aliphatic hydroxyl groups excluding tert-OH is 1. The van der Waals surface area contributed by atoms with Crippen molar-refractivity contribution in [3.63, 3.8) is 0 Å². The molecule has 19 heavy (non-hydrogen) atoms. The second kappa shape index (κ2) is 7.48. The molecule has 1 aromatic rings. The second-order valence-corrected chi connectivity index (χ2v) is 4.29. The minimum Gasteiger partial charge on any atom is -0.469 e. The molecule has 1 unspecified atom stereocenters. The molecule has 102 valence electrons. The van der Waals surface area contributed by atoms with Gasteiger partial charge in [-0.15, -0.1) is 0 Å². The fourth-order valence-corrected chi connectivity index (χ4v) is 1.55. The average Bonchev–Trinajstić information content (AvgIpc) is 2.44. The zero-order chi connectivity index (χ0) is 14.3. The van der Waals surface area contributed by atoms with E-state index in [1.807, 2.05) is 30.3 Å². The second-order valence-electron chi connectivity index (χ2n) is 4.29. The quantitative estimate of drug-likeness (QED) is 0.627. The molecule has 4 heteroatoms. The van der Waals surface area contributed by atoms with E-state index in [0.717, 1.165) is 5.56 Å². The number of carbonyl (C=O) groups is 2. The van der Waals surface area contributed by atoms with Gasteiger partial charge in [0.05, 0.1) is 19.1 Å². The highest BCUT2D eigenvalue weighted by Gasteiger charge is 2.24. The zero-order valence-electron chi connectivity index (χ0n) is 11.1. The van der Waals surface area contributed by atoms with Gasteiger partial charge in [-0.2, -0.15) is 0 Å². The molecule has 0 aromatic heterocycles. The molecule has 0 radical (unpaired) electrons. The molecule has 0 aliphatic rings. The summed E-state index contributed by atoms with van der Waals surface area (Å²) in [6.07, 6.45) is 1.96. The Morgan fingerprint density at radius 2 is 1.95 bits per heavy atom. The number of aliphatic hydroxyl groups is 1. The molecule has 0 bridgehead atoms. The van der Waals surface area contributed by atoms with Crippen molar-refractivity contribution in [2.24, 2.45) is 5.92 Å². The number of carbonyl (C=O) groups excluding carboxylic acids is 2. The molecule has 0 amide bonds. The van der Waals surface area contributed by atoms with Gasteiger partial charge in [-0.1, -0.05) is 36.4 Å². The van der Waals surface area contributed by atoms with E-state index in [1.54, 1.807) is 6.08 Å². The van der Waals surface area contributed by atoms with E-state index in [9.17, 15) is 14.7 Å². The molecule has 1 N–H and O–H groups in total. The van der Waals surface area contributed by atoms with Crippen molar-refractivity contribution >= 4 is 17.8 Å². The molecule has 2 atom stereocenters. The smallest absolute Gasteiger partial charge is 0.311 e. The highest BCUT2D eigenvalue weighted by atomic mass is 16.5. The highest BCUT2D eigenvalue weighted by Crippen LogP contribution is 2.10. The van der Waals surface area contributed by atoms with Crippen LogP contribution >= 0.6 is 0 Å². The van der Waals surface area contributed by atoms with Gasteiger partial charge in [0.2, 0.25) is 0 Å². The number of hydrogen-bond acceptors (Lipinski definition) is 4. The number of benzene rings is 1. The molecule has 1 aromatic carbocycles. The normalized spacial score (nSPS) is 14.1. The first kappa shape index (κ1) is 15.1. The lowest BCUT2D eigenvalue weighted by molar-refractivity contribution is -0.148. The maximum atomic E-state index is 11.6. The van der Waals surface area contributed by atoms with Gasteiger partial charge in [-0.25, -0.2) is 0 Å². The Hall–Kier alpha value is -1.94.